The molecule has 2 atom stereocenters. The molecule has 0 radical (unpaired) electrons. The molecule has 5 heterocycles. The van der Waals surface area contributed by atoms with Gasteiger partial charge in [-0.05, 0) is 50.0 Å². The van der Waals surface area contributed by atoms with E-state index in [0.29, 0.717) is 24.1 Å². The zero-order valence-electron chi connectivity index (χ0n) is 20.5. The first-order chi connectivity index (χ1) is 17.4. The fraction of sp³-hybridized carbons (Fsp3) is 0.600. The monoisotopic (exact) mass is 501 g/mol. The molecule has 2 aliphatic heterocycles. The van der Waals surface area contributed by atoms with Crippen LogP contribution in [0.3, 0.4) is 0 Å². The molecule has 0 aromatic carbocycles. The summed E-state index contributed by atoms with van der Waals surface area (Å²) in [6.45, 7) is 5.88. The molecule has 11 heteroatoms. The summed E-state index contributed by atoms with van der Waals surface area (Å²) in [4.78, 5) is 20.1. The van der Waals surface area contributed by atoms with E-state index in [0.717, 1.165) is 44.5 Å². The highest BCUT2D eigenvalue weighted by atomic mass is 19.3. The van der Waals surface area contributed by atoms with Crippen molar-refractivity contribution in [1.82, 2.24) is 24.4 Å². The zero-order chi connectivity index (χ0) is 25.0. The number of anilines is 2. The molecule has 194 valence electrons. The maximum Gasteiger partial charge on any atom is 0.284 e. The Kier molecular flexibility index (Phi) is 5.89. The van der Waals surface area contributed by atoms with Crippen molar-refractivity contribution in [3.63, 3.8) is 0 Å². The number of hydrogen-bond donors (Lipinski definition) is 1. The fourth-order valence-electron chi connectivity index (χ4n) is 5.93. The maximum absolute atomic E-state index is 13.8. The molecule has 1 saturated carbocycles. The molecule has 0 spiro atoms. The molecule has 1 N–H and O–H groups in total. The Morgan fingerprint density at radius 3 is 2.69 bits per heavy atom. The van der Waals surface area contributed by atoms with Gasteiger partial charge in [0, 0.05) is 20.4 Å². The number of aromatic nitrogens is 5. The number of morpholine rings is 1. The highest BCUT2D eigenvalue weighted by molar-refractivity contribution is 6.08. The lowest BCUT2D eigenvalue weighted by molar-refractivity contribution is 0.0988. The van der Waals surface area contributed by atoms with E-state index in [-0.39, 0.29) is 30.9 Å². The third-order valence-electron chi connectivity index (χ3n) is 8.07. The number of alkyl halides is 2. The quantitative estimate of drug-likeness (QED) is 0.526. The molecule has 3 fully saturated rings. The van der Waals surface area contributed by atoms with Crippen LogP contribution < -0.4 is 10.2 Å². The number of nitrogens with zero attached hydrogens (tertiary/aromatic N) is 6. The second-order valence-corrected chi connectivity index (χ2v) is 10.6. The second kappa shape index (κ2) is 9.10. The lowest BCUT2D eigenvalue weighted by atomic mass is 9.80. The Morgan fingerprint density at radius 2 is 2.03 bits per heavy atom. The number of hydrogen-bond acceptors (Lipinski definition) is 6. The lowest BCUT2D eigenvalue weighted by Crippen LogP contribution is -2.37. The Bertz CT molecular complexity index is 1270. The summed E-state index contributed by atoms with van der Waals surface area (Å²) in [6.07, 6.45) is 7.00. The topological polar surface area (TPSA) is 89.6 Å². The Hall–Kier alpha value is -3.08. The van der Waals surface area contributed by atoms with Crippen LogP contribution in [0.5, 0.6) is 0 Å². The van der Waals surface area contributed by atoms with Crippen molar-refractivity contribution in [1.29, 1.82) is 0 Å². The summed E-state index contributed by atoms with van der Waals surface area (Å²) in [5.41, 5.74) is 0.229. The van der Waals surface area contributed by atoms with E-state index in [2.05, 4.69) is 34.3 Å². The average Bonchev–Trinajstić information content (AvgIpc) is 3.66. The molecule has 3 aromatic heterocycles. The molecule has 9 nitrogen and oxygen atoms in total. The second-order valence-electron chi connectivity index (χ2n) is 10.6. The summed E-state index contributed by atoms with van der Waals surface area (Å²) < 4.78 is 36.5. The van der Waals surface area contributed by atoms with E-state index in [1.807, 2.05) is 6.07 Å². The lowest BCUT2D eigenvalue weighted by Gasteiger charge is -2.30. The maximum atomic E-state index is 13.8. The van der Waals surface area contributed by atoms with Gasteiger partial charge in [-0.3, -0.25) is 9.48 Å². The molecular weight excluding hydrogens is 468 g/mol. The van der Waals surface area contributed by atoms with Gasteiger partial charge in [-0.1, -0.05) is 13.8 Å². The molecule has 2 bridgehead atoms. The Morgan fingerprint density at radius 1 is 1.22 bits per heavy atom. The van der Waals surface area contributed by atoms with Crippen LogP contribution in [0.1, 0.15) is 75.9 Å². The minimum atomic E-state index is -2.80. The van der Waals surface area contributed by atoms with Crippen molar-refractivity contribution in [2.75, 3.05) is 23.4 Å². The standard InChI is InChI=1S/C25H31F2N7O2.H2/c1-14(2)15-3-5-16(6-4-15)34-12-20(22(31-34)23(26)27)29-25(35)19-10-28-33-8-7-21(30-24(19)33)32-11-18-9-17(32)13-36-18;/h7-8,10,12,14-18,23H,3-6,9,11,13H2,1-2H3,(H,29,35);1H/t15?,16?,17-,18-;/m1./s1. The zero-order valence-corrected chi connectivity index (χ0v) is 20.5. The highest BCUT2D eigenvalue weighted by Crippen LogP contribution is 2.37. The summed E-state index contributed by atoms with van der Waals surface area (Å²) in [6, 6.07) is 2.21. The van der Waals surface area contributed by atoms with Gasteiger partial charge in [0.1, 0.15) is 11.4 Å². The van der Waals surface area contributed by atoms with Crippen molar-refractivity contribution in [2.24, 2.45) is 11.8 Å². The molecule has 2 saturated heterocycles. The van der Waals surface area contributed by atoms with Gasteiger partial charge in [0.15, 0.2) is 11.3 Å². The first kappa shape index (κ1) is 23.3. The molecule has 3 aliphatic rings. The number of halogens is 2. The minimum absolute atomic E-state index is 0. The first-order valence-electron chi connectivity index (χ1n) is 12.8. The molecule has 1 amide bonds. The van der Waals surface area contributed by atoms with Crippen LogP contribution in [0.2, 0.25) is 0 Å². The van der Waals surface area contributed by atoms with Crippen LogP contribution in [0.4, 0.5) is 20.3 Å². The van der Waals surface area contributed by atoms with Crippen LogP contribution in [-0.4, -0.2) is 55.6 Å². The average molecular weight is 502 g/mol. The van der Waals surface area contributed by atoms with Crippen molar-refractivity contribution in [2.45, 2.75) is 70.6 Å². The van der Waals surface area contributed by atoms with Crippen LogP contribution in [0.15, 0.2) is 24.7 Å². The number of amides is 1. The fourth-order valence-corrected chi connectivity index (χ4v) is 5.93. The van der Waals surface area contributed by atoms with Gasteiger partial charge >= 0.3 is 0 Å². The molecule has 1 aliphatic carbocycles. The van der Waals surface area contributed by atoms with Crippen LogP contribution in [-0.2, 0) is 4.74 Å². The Balaban J connectivity index is 0.00000280. The van der Waals surface area contributed by atoms with Gasteiger partial charge in [0.25, 0.3) is 12.3 Å². The number of carbonyl (C=O) groups excluding carboxylic acids is 1. The minimum Gasteiger partial charge on any atom is -0.374 e. The van der Waals surface area contributed by atoms with Gasteiger partial charge < -0.3 is 15.0 Å². The van der Waals surface area contributed by atoms with E-state index in [1.54, 1.807) is 17.1 Å². The third kappa shape index (κ3) is 4.12. The highest BCUT2D eigenvalue weighted by Gasteiger charge is 2.39. The largest absolute Gasteiger partial charge is 0.374 e. The van der Waals surface area contributed by atoms with E-state index >= 15 is 0 Å². The molecule has 36 heavy (non-hydrogen) atoms. The number of ether oxygens (including phenoxy) is 1. The van der Waals surface area contributed by atoms with Gasteiger partial charge in [-0.2, -0.15) is 10.2 Å². The molecule has 6 rings (SSSR count). The summed E-state index contributed by atoms with van der Waals surface area (Å²) >= 11 is 0. The van der Waals surface area contributed by atoms with Gasteiger partial charge in [0.2, 0.25) is 0 Å². The molecule has 3 aromatic rings. The van der Waals surface area contributed by atoms with Gasteiger partial charge in [0.05, 0.1) is 36.7 Å². The first-order valence-corrected chi connectivity index (χ1v) is 12.8. The normalized spacial score (nSPS) is 26.0. The molecular formula is C25H33F2N7O2. The van der Waals surface area contributed by atoms with Gasteiger partial charge in [-0.15, -0.1) is 0 Å². The predicted octanol–water partition coefficient (Wildman–Crippen LogP) is 4.73. The predicted molar refractivity (Wildman–Crippen MR) is 132 cm³/mol. The van der Waals surface area contributed by atoms with Crippen molar-refractivity contribution in [3.05, 3.63) is 35.9 Å². The van der Waals surface area contributed by atoms with Gasteiger partial charge in [-0.25, -0.2) is 18.3 Å². The van der Waals surface area contributed by atoms with Crippen LogP contribution in [0, 0.1) is 11.8 Å². The van der Waals surface area contributed by atoms with Crippen molar-refractivity contribution < 1.29 is 19.7 Å². The van der Waals surface area contributed by atoms with Crippen LogP contribution in [0.25, 0.3) is 5.65 Å². The van der Waals surface area contributed by atoms with Crippen molar-refractivity contribution in [3.8, 4) is 0 Å². The summed E-state index contributed by atoms with van der Waals surface area (Å²) in [5, 5.41) is 11.1. The summed E-state index contributed by atoms with van der Waals surface area (Å²) in [7, 11) is 0. The summed E-state index contributed by atoms with van der Waals surface area (Å²) in [5.74, 6) is 1.49. The Labute approximate surface area is 209 Å². The smallest absolute Gasteiger partial charge is 0.284 e. The third-order valence-corrected chi connectivity index (χ3v) is 8.07. The van der Waals surface area contributed by atoms with E-state index in [4.69, 9.17) is 9.72 Å². The van der Waals surface area contributed by atoms with Crippen molar-refractivity contribution >= 4 is 23.1 Å². The molecule has 0 unspecified atom stereocenters. The van der Waals surface area contributed by atoms with E-state index in [9.17, 15) is 13.6 Å². The van der Waals surface area contributed by atoms with Crippen LogP contribution >= 0.6 is 0 Å². The number of carbonyl (C=O) groups is 1. The SMILES string of the molecule is CC(C)C1CCC(n2cc(NC(=O)c3cnn4ccc(N5C[C@H]6C[C@@H]5CO6)nc34)c(C(F)F)n2)CC1.[HH]. The van der Waals surface area contributed by atoms with E-state index in [1.165, 1.54) is 10.7 Å². The number of fused-ring (bicyclic) bond motifs is 3. The number of nitrogens with one attached hydrogen (secondary N) is 1. The number of rotatable bonds is 6. The van der Waals surface area contributed by atoms with E-state index < -0.39 is 18.0 Å².